The van der Waals surface area contributed by atoms with Gasteiger partial charge in [0, 0.05) is 6.07 Å². The third-order valence-electron chi connectivity index (χ3n) is 3.77. The van der Waals surface area contributed by atoms with E-state index in [0.29, 0.717) is 0 Å². The van der Waals surface area contributed by atoms with Gasteiger partial charge < -0.3 is 10.8 Å². The van der Waals surface area contributed by atoms with Crippen molar-refractivity contribution in [1.82, 2.24) is 0 Å². The van der Waals surface area contributed by atoms with Gasteiger partial charge in [0.25, 0.3) is 20.2 Å². The maximum atomic E-state index is 11.3. The van der Waals surface area contributed by atoms with Crippen LogP contribution in [0.1, 0.15) is 0 Å². The molecular weight excluding hydrogens is 410 g/mol. The number of nitrogens with two attached hydrogens (primary N) is 1. The molecule has 5 N–H and O–H groups in total. The van der Waals surface area contributed by atoms with Gasteiger partial charge in [0.05, 0.1) is 26.6 Å². The number of anilines is 1. The molecule has 0 aliphatic heterocycles. The molecule has 0 radical (unpaired) electrons. The van der Waals surface area contributed by atoms with E-state index in [0.717, 1.165) is 24.3 Å². The third-order valence-corrected chi connectivity index (χ3v) is 5.47. The first-order valence-corrected chi connectivity index (χ1v) is 10.4. The quantitative estimate of drug-likeness (QED) is 0.281. The maximum Gasteiger partial charge on any atom is 0.294 e. The zero-order chi connectivity index (χ0) is 20.7. The zero-order valence-corrected chi connectivity index (χ0v) is 15.5. The number of phenols is 1. The molecule has 10 nitrogen and oxygen atoms in total. The fraction of sp³-hybridized carbons (Fsp3) is 0. The van der Waals surface area contributed by atoms with Crippen molar-refractivity contribution >= 4 is 48.1 Å². The molecule has 3 rings (SSSR count). The average Bonchev–Trinajstić information content (AvgIpc) is 2.60. The number of aromatic hydroxyl groups is 1. The topological polar surface area (TPSA) is 180 Å². The van der Waals surface area contributed by atoms with Gasteiger partial charge in [-0.25, -0.2) is 0 Å². The summed E-state index contributed by atoms with van der Waals surface area (Å²) in [5.74, 6) is -0.479. The molecule has 0 aliphatic carbocycles. The molecule has 0 heterocycles. The predicted octanol–water partition coefficient (Wildman–Crippen LogP) is 3.04. The van der Waals surface area contributed by atoms with Crippen molar-refractivity contribution in [3.8, 4) is 5.75 Å². The Balaban J connectivity index is 2.10. The van der Waals surface area contributed by atoms with Crippen molar-refractivity contribution < 1.29 is 31.0 Å². The number of hydrogen-bond acceptors (Lipinski definition) is 8. The number of phenolic OH excluding ortho intramolecular Hbond substituents is 1. The van der Waals surface area contributed by atoms with E-state index in [9.17, 15) is 21.9 Å². The van der Waals surface area contributed by atoms with Crippen molar-refractivity contribution in [2.24, 2.45) is 10.2 Å². The lowest BCUT2D eigenvalue weighted by molar-refractivity contribution is 0.471. The summed E-state index contributed by atoms with van der Waals surface area (Å²) in [6, 6.07) is 9.72. The van der Waals surface area contributed by atoms with E-state index in [-0.39, 0.29) is 32.7 Å². The van der Waals surface area contributed by atoms with Gasteiger partial charge in [-0.05, 0) is 41.8 Å². The van der Waals surface area contributed by atoms with E-state index in [1.807, 2.05) is 0 Å². The van der Waals surface area contributed by atoms with Gasteiger partial charge in [-0.3, -0.25) is 9.11 Å². The van der Waals surface area contributed by atoms with Crippen LogP contribution in [-0.2, 0) is 20.2 Å². The molecule has 0 bridgehead atoms. The highest BCUT2D eigenvalue weighted by Gasteiger charge is 2.17. The number of benzene rings is 3. The Kier molecular flexibility index (Phi) is 4.81. The zero-order valence-electron chi connectivity index (χ0n) is 13.9. The number of nitrogen functional groups attached to an aromatic ring is 1. The SMILES string of the molecule is Nc1ccc2cc(S(=O)(=O)O)cc(O)c2c1/N=N/c1ccc(S(=O)(=O)O)cc1. The van der Waals surface area contributed by atoms with Crippen molar-refractivity contribution in [3.63, 3.8) is 0 Å². The van der Waals surface area contributed by atoms with Crippen LogP contribution in [0.5, 0.6) is 5.75 Å². The molecule has 0 saturated carbocycles. The molecule has 0 atom stereocenters. The highest BCUT2D eigenvalue weighted by atomic mass is 32.2. The summed E-state index contributed by atoms with van der Waals surface area (Å²) >= 11 is 0. The van der Waals surface area contributed by atoms with Crippen molar-refractivity contribution in [2.75, 3.05) is 5.73 Å². The molecule has 0 fully saturated rings. The van der Waals surface area contributed by atoms with Gasteiger partial charge in [0.2, 0.25) is 0 Å². The van der Waals surface area contributed by atoms with Crippen LogP contribution in [0, 0.1) is 0 Å². The highest BCUT2D eigenvalue weighted by molar-refractivity contribution is 7.86. The molecule has 0 amide bonds. The molecule has 28 heavy (non-hydrogen) atoms. The minimum absolute atomic E-state index is 0.0516. The van der Waals surface area contributed by atoms with Crippen LogP contribution in [0.15, 0.2) is 68.6 Å². The van der Waals surface area contributed by atoms with Crippen molar-refractivity contribution in [3.05, 3.63) is 48.5 Å². The molecule has 12 heteroatoms. The first-order valence-electron chi connectivity index (χ1n) is 7.49. The van der Waals surface area contributed by atoms with Gasteiger partial charge in [-0.1, -0.05) is 6.07 Å². The molecule has 0 aromatic heterocycles. The average molecular weight is 423 g/mol. The van der Waals surface area contributed by atoms with Crippen LogP contribution in [0.25, 0.3) is 10.8 Å². The largest absolute Gasteiger partial charge is 0.507 e. The standard InChI is InChI=1S/C16H13N3O7S2/c17-13-6-1-9-7-12(28(24,25)26)8-14(20)15(9)16(13)19-18-10-2-4-11(5-3-10)27(21,22)23/h1-8,20H,17H2,(H,21,22,23)(H,24,25,26)/b19-18+. The summed E-state index contributed by atoms with van der Waals surface area (Å²) < 4.78 is 62.8. The smallest absolute Gasteiger partial charge is 0.294 e. The number of azo groups is 1. The Bertz CT molecular complexity index is 1320. The molecule has 0 spiro atoms. The fourth-order valence-corrected chi connectivity index (χ4v) is 3.48. The summed E-state index contributed by atoms with van der Waals surface area (Å²) in [7, 11) is -8.86. The van der Waals surface area contributed by atoms with E-state index in [1.54, 1.807) is 0 Å². The predicted molar refractivity (Wildman–Crippen MR) is 100 cm³/mol. The Morgan fingerprint density at radius 1 is 0.786 bits per heavy atom. The molecule has 3 aromatic rings. The van der Waals surface area contributed by atoms with E-state index in [2.05, 4.69) is 10.2 Å². The molecular formula is C16H13N3O7S2. The van der Waals surface area contributed by atoms with E-state index < -0.39 is 30.9 Å². The second-order valence-corrected chi connectivity index (χ2v) is 8.53. The molecule has 0 unspecified atom stereocenters. The van der Waals surface area contributed by atoms with Gasteiger partial charge in [0.1, 0.15) is 11.4 Å². The summed E-state index contributed by atoms with van der Waals surface area (Å²) in [5, 5.41) is 18.5. The Labute approximate surface area is 159 Å². The van der Waals surface area contributed by atoms with Crippen LogP contribution >= 0.6 is 0 Å². The Morgan fingerprint density at radius 2 is 1.39 bits per heavy atom. The summed E-state index contributed by atoms with van der Waals surface area (Å²) in [6.45, 7) is 0. The normalized spacial score (nSPS) is 12.6. The number of fused-ring (bicyclic) bond motifs is 1. The fourth-order valence-electron chi connectivity index (χ4n) is 2.46. The lowest BCUT2D eigenvalue weighted by Crippen LogP contribution is -1.98. The number of hydrogen-bond donors (Lipinski definition) is 4. The third kappa shape index (κ3) is 3.94. The minimum Gasteiger partial charge on any atom is -0.507 e. The van der Waals surface area contributed by atoms with Crippen LogP contribution in [0.3, 0.4) is 0 Å². The maximum absolute atomic E-state index is 11.3. The number of nitrogens with zero attached hydrogens (tertiary/aromatic N) is 2. The van der Waals surface area contributed by atoms with Gasteiger partial charge in [-0.2, -0.15) is 21.9 Å². The van der Waals surface area contributed by atoms with E-state index in [4.69, 9.17) is 14.8 Å². The van der Waals surface area contributed by atoms with E-state index in [1.165, 1.54) is 24.3 Å². The van der Waals surface area contributed by atoms with Crippen LogP contribution in [0.2, 0.25) is 0 Å². The molecule has 0 aliphatic rings. The first-order chi connectivity index (χ1) is 13.0. The molecule has 0 saturated heterocycles. The Hall–Kier alpha value is -3.06. The van der Waals surface area contributed by atoms with Crippen molar-refractivity contribution in [2.45, 2.75) is 9.79 Å². The second-order valence-electron chi connectivity index (χ2n) is 5.69. The van der Waals surface area contributed by atoms with E-state index >= 15 is 0 Å². The molecule has 146 valence electrons. The van der Waals surface area contributed by atoms with Crippen molar-refractivity contribution in [1.29, 1.82) is 0 Å². The van der Waals surface area contributed by atoms with Gasteiger partial charge in [-0.15, -0.1) is 5.11 Å². The van der Waals surface area contributed by atoms with Crippen LogP contribution in [-0.4, -0.2) is 31.0 Å². The Morgan fingerprint density at radius 3 is 1.96 bits per heavy atom. The van der Waals surface area contributed by atoms with Crippen LogP contribution in [0.4, 0.5) is 17.1 Å². The molecule has 3 aromatic carbocycles. The summed E-state index contributed by atoms with van der Waals surface area (Å²) in [4.78, 5) is -0.808. The second kappa shape index (κ2) is 6.83. The van der Waals surface area contributed by atoms with Gasteiger partial charge in [0.15, 0.2) is 0 Å². The lowest BCUT2D eigenvalue weighted by Gasteiger charge is -2.08. The monoisotopic (exact) mass is 423 g/mol. The first kappa shape index (κ1) is 19.7. The van der Waals surface area contributed by atoms with Gasteiger partial charge >= 0.3 is 0 Å². The summed E-state index contributed by atoms with van der Waals surface area (Å²) in [5.41, 5.74) is 6.31. The minimum atomic E-state index is -4.53. The lowest BCUT2D eigenvalue weighted by atomic mass is 10.1. The highest BCUT2D eigenvalue weighted by Crippen LogP contribution is 2.40. The summed E-state index contributed by atoms with van der Waals surface area (Å²) in [6.07, 6.45) is 0. The van der Waals surface area contributed by atoms with Crippen LogP contribution < -0.4 is 5.73 Å². The number of rotatable bonds is 4.